The Balaban J connectivity index is 0. The molecule has 0 aromatic carbocycles. The van der Waals surface area contributed by atoms with Crippen LogP contribution in [0.25, 0.3) is 0 Å². The first-order valence-electron chi connectivity index (χ1n) is 4.39. The summed E-state index contributed by atoms with van der Waals surface area (Å²) in [4.78, 5) is 19.5. The van der Waals surface area contributed by atoms with E-state index in [4.69, 9.17) is 21.8 Å². The minimum Gasteiger partial charge on any atom is -0.479 e. The first kappa shape index (κ1) is 15.6. The fourth-order valence-corrected chi connectivity index (χ4v) is 0.270. The number of carbonyl (C=O) groups is 2. The number of hydrogen-bond acceptors (Lipinski definition) is 5. The molecule has 0 aromatic rings. The van der Waals surface area contributed by atoms with Crippen LogP contribution in [0.4, 0.5) is 13.2 Å². The number of carboxylic acids is 2. The average Bonchev–Trinajstić information content (AvgIpc) is 2.12. The highest BCUT2D eigenvalue weighted by molar-refractivity contribution is 5.83. The highest BCUT2D eigenvalue weighted by Crippen LogP contribution is 2.16. The number of carboxylic acid groups (broad SMARTS) is 2. The predicted octanol–water partition coefficient (Wildman–Crippen LogP) is -1.23. The van der Waals surface area contributed by atoms with Gasteiger partial charge < -0.3 is 26.2 Å². The van der Waals surface area contributed by atoms with E-state index in [2.05, 4.69) is 5.73 Å². The number of aliphatic hydroxyl groups excluding tert-OH is 2. The third-order valence-electron chi connectivity index (χ3n) is 1.25. The molecule has 0 rings (SSSR count). The lowest BCUT2D eigenvalue weighted by molar-refractivity contribution is -0.165. The highest BCUT2D eigenvalue weighted by atomic mass is 19.4. The summed E-state index contributed by atoms with van der Waals surface area (Å²) in [6.45, 7) is 0.590. The Bertz CT molecular complexity index is 273. The molecule has 0 amide bonds. The van der Waals surface area contributed by atoms with Crippen LogP contribution in [0, 0.1) is 0 Å². The number of hydrogen-bond donors (Lipinski definition) is 5. The van der Waals surface area contributed by atoms with Crippen LogP contribution >= 0.6 is 0 Å². The Kier molecular flexibility index (Phi) is 6.46. The molecule has 17 heavy (non-hydrogen) atoms. The van der Waals surface area contributed by atoms with E-state index in [1.807, 2.05) is 0 Å². The maximum atomic E-state index is 11.2. The molecule has 0 saturated carbocycles. The van der Waals surface area contributed by atoms with Crippen molar-refractivity contribution in [2.45, 2.75) is 31.3 Å². The number of alkyl halides is 3. The zero-order valence-electron chi connectivity index (χ0n) is 9.47. The van der Waals surface area contributed by atoms with Gasteiger partial charge in [0.15, 0.2) is 12.2 Å². The Morgan fingerprint density at radius 2 is 1.35 bits per heavy atom. The topological polar surface area (TPSA) is 141 Å². The number of aliphatic hydroxyl groups is 2. The van der Waals surface area contributed by atoms with Crippen LogP contribution in [-0.4, -0.2) is 56.8 Å². The molecule has 0 bridgehead atoms. The van der Waals surface area contributed by atoms with Crippen LogP contribution in [0.3, 0.4) is 0 Å². The summed E-state index contributed by atoms with van der Waals surface area (Å²) in [6.07, 6.45) is -9.15. The van der Waals surface area contributed by atoms with Gasteiger partial charge in [0.05, 0.1) is 7.39 Å². The quantitative estimate of drug-likeness (QED) is 0.430. The second-order valence-electron chi connectivity index (χ2n) is 2.75. The molecule has 0 spiro atoms. The number of nitrogens with two attached hydrogens (primary N) is 1. The molecule has 0 heterocycles. The van der Waals surface area contributed by atoms with Crippen molar-refractivity contribution in [3.63, 3.8) is 0 Å². The Morgan fingerprint density at radius 3 is 1.41 bits per heavy atom. The summed E-state index contributed by atoms with van der Waals surface area (Å²) in [5.74, 6) is -3.54. The molecule has 0 saturated heterocycles. The number of aliphatic carboxylic acids is 2. The van der Waals surface area contributed by atoms with Gasteiger partial charge in [-0.25, -0.2) is 9.59 Å². The smallest absolute Gasteiger partial charge is 0.403 e. The zero-order valence-corrected chi connectivity index (χ0v) is 8.47. The van der Waals surface area contributed by atoms with Crippen LogP contribution in [0.2, 0.25) is 0 Å². The summed E-state index contributed by atoms with van der Waals surface area (Å²) in [5, 5.41) is 32.5. The summed E-state index contributed by atoms with van der Waals surface area (Å²) < 4.78 is 40.0. The van der Waals surface area contributed by atoms with Gasteiger partial charge in [0.25, 0.3) is 0 Å². The normalized spacial score (nSPS) is 18.9. The Hall–Kier alpha value is -1.39. The van der Waals surface area contributed by atoms with Crippen molar-refractivity contribution in [3.05, 3.63) is 0 Å². The summed E-state index contributed by atoms with van der Waals surface area (Å²) in [7, 11) is 0. The molecule has 0 aliphatic carbocycles. The van der Waals surface area contributed by atoms with E-state index in [0.29, 0.717) is 6.92 Å². The van der Waals surface area contributed by atoms with Crippen molar-refractivity contribution in [1.82, 2.24) is 0 Å². The molecule has 0 aromatic heterocycles. The van der Waals surface area contributed by atoms with Crippen molar-refractivity contribution in [2.75, 3.05) is 0 Å². The molecule has 102 valence electrons. The maximum Gasteiger partial charge on any atom is 0.403 e. The van der Waals surface area contributed by atoms with Crippen LogP contribution in [0.5, 0.6) is 0 Å². The van der Waals surface area contributed by atoms with Gasteiger partial charge in [-0.3, -0.25) is 0 Å². The van der Waals surface area contributed by atoms with E-state index < -0.39 is 36.3 Å². The van der Waals surface area contributed by atoms with Crippen molar-refractivity contribution in [3.8, 4) is 0 Å². The first-order chi connectivity index (χ1) is 7.71. The van der Waals surface area contributed by atoms with Gasteiger partial charge >= 0.3 is 18.1 Å². The van der Waals surface area contributed by atoms with Crippen molar-refractivity contribution in [2.24, 2.45) is 5.73 Å². The molecular formula is C7H12F3NO6. The molecule has 3 unspecified atom stereocenters. The molecule has 0 radical (unpaired) electrons. The molecule has 0 aliphatic heterocycles. The van der Waals surface area contributed by atoms with Gasteiger partial charge in [-0.1, -0.05) is 0 Å². The van der Waals surface area contributed by atoms with E-state index in [1.54, 1.807) is 0 Å². The maximum absolute atomic E-state index is 11.2. The van der Waals surface area contributed by atoms with Crippen LogP contribution in [0.1, 0.15) is 8.29 Å². The van der Waals surface area contributed by atoms with Crippen LogP contribution < -0.4 is 5.73 Å². The summed E-state index contributed by atoms with van der Waals surface area (Å²) >= 11 is 0. The number of rotatable bonds is 3. The van der Waals surface area contributed by atoms with E-state index in [-0.39, 0.29) is 0 Å². The summed E-state index contributed by atoms with van der Waals surface area (Å²) in [5.41, 5.74) is 4.35. The lowest BCUT2D eigenvalue weighted by atomic mass is 10.2. The average molecular weight is 264 g/mol. The summed E-state index contributed by atoms with van der Waals surface area (Å²) in [6, 6.07) is -2.81. The second kappa shape index (κ2) is 7.04. The van der Waals surface area contributed by atoms with Gasteiger partial charge in [-0.05, 0) is 6.92 Å². The standard InChI is InChI=1S/C4H6O6.C3H6F3N/c5-1(3(7)8)2(6)4(9)10;1-2(7)3(4,5)6/h1-2,5-6H,(H,7,8)(H,9,10);2H,7H2,1H3/i;2D. The minimum absolute atomic E-state index is 0.590. The van der Waals surface area contributed by atoms with Crippen molar-refractivity contribution >= 4 is 11.9 Å². The van der Waals surface area contributed by atoms with Crippen LogP contribution in [0.15, 0.2) is 0 Å². The van der Waals surface area contributed by atoms with Gasteiger partial charge in [0, 0.05) is 0 Å². The van der Waals surface area contributed by atoms with Crippen molar-refractivity contribution in [1.29, 1.82) is 0 Å². The fourth-order valence-electron chi connectivity index (χ4n) is 0.270. The molecular weight excluding hydrogens is 251 g/mol. The third-order valence-corrected chi connectivity index (χ3v) is 1.25. The lowest BCUT2D eigenvalue weighted by Crippen LogP contribution is -2.39. The first-order valence-corrected chi connectivity index (χ1v) is 3.89. The van der Waals surface area contributed by atoms with Crippen LogP contribution in [-0.2, 0) is 9.59 Å². The zero-order chi connectivity index (χ0) is 15.3. The molecule has 0 fully saturated rings. The van der Waals surface area contributed by atoms with Gasteiger partial charge in [-0.15, -0.1) is 0 Å². The van der Waals surface area contributed by atoms with Gasteiger partial charge in [0.2, 0.25) is 0 Å². The minimum atomic E-state index is -4.62. The SMILES string of the molecule is O=C(O)C(O)C(O)C(=O)O.[2H]C(C)(N)C(F)(F)F. The Labute approximate surface area is 94.7 Å². The third kappa shape index (κ3) is 8.42. The number of halogens is 3. The van der Waals surface area contributed by atoms with Gasteiger partial charge in [0.1, 0.15) is 0 Å². The van der Waals surface area contributed by atoms with Crippen molar-refractivity contribution < 1.29 is 44.6 Å². The predicted molar refractivity (Wildman–Crippen MR) is 47.0 cm³/mol. The highest BCUT2D eigenvalue weighted by Gasteiger charge is 2.32. The largest absolute Gasteiger partial charge is 0.479 e. The monoisotopic (exact) mass is 264 g/mol. The van der Waals surface area contributed by atoms with E-state index in [0.717, 1.165) is 0 Å². The van der Waals surface area contributed by atoms with E-state index in [9.17, 15) is 22.8 Å². The van der Waals surface area contributed by atoms with E-state index in [1.165, 1.54) is 0 Å². The molecule has 7 nitrogen and oxygen atoms in total. The lowest BCUT2D eigenvalue weighted by Gasteiger charge is -2.07. The molecule has 0 aliphatic rings. The molecule has 6 N–H and O–H groups in total. The second-order valence-corrected chi connectivity index (χ2v) is 2.75. The Morgan fingerprint density at radius 1 is 1.18 bits per heavy atom. The van der Waals surface area contributed by atoms with E-state index >= 15 is 0 Å². The molecule has 10 heteroatoms. The fraction of sp³-hybridized carbons (Fsp3) is 0.714. The molecule has 3 atom stereocenters. The van der Waals surface area contributed by atoms with Gasteiger partial charge in [-0.2, -0.15) is 13.2 Å².